The SMILES string of the molecule is Cc1ccc(C(CO)Nc2nc(=NC3CC3)n3nc/c(=C\c4[nH]c(=O)[nH]c4O)c3n2)cc1. The van der Waals surface area contributed by atoms with Gasteiger partial charge < -0.3 is 20.5 Å². The first kappa shape index (κ1) is 19.9. The van der Waals surface area contributed by atoms with E-state index in [2.05, 4.69) is 35.3 Å². The molecule has 0 amide bonds. The van der Waals surface area contributed by atoms with Crippen molar-refractivity contribution < 1.29 is 10.2 Å². The molecular formula is C21H22N8O3. The predicted molar refractivity (Wildman–Crippen MR) is 116 cm³/mol. The van der Waals surface area contributed by atoms with Crippen LogP contribution in [0.3, 0.4) is 0 Å². The third-order valence-electron chi connectivity index (χ3n) is 5.22. The van der Waals surface area contributed by atoms with Crippen LogP contribution in [0.5, 0.6) is 5.88 Å². The molecule has 32 heavy (non-hydrogen) atoms. The van der Waals surface area contributed by atoms with E-state index < -0.39 is 11.7 Å². The number of hydrogen-bond donors (Lipinski definition) is 5. The van der Waals surface area contributed by atoms with Crippen molar-refractivity contribution >= 4 is 17.7 Å². The van der Waals surface area contributed by atoms with Crippen LogP contribution in [0.4, 0.5) is 5.95 Å². The second-order valence-corrected chi connectivity index (χ2v) is 7.82. The number of H-pyrrole nitrogens is 2. The molecule has 5 N–H and O–H groups in total. The maximum absolute atomic E-state index is 11.5. The van der Waals surface area contributed by atoms with Gasteiger partial charge in [0.25, 0.3) is 5.62 Å². The zero-order valence-corrected chi connectivity index (χ0v) is 17.3. The fourth-order valence-electron chi connectivity index (χ4n) is 3.33. The number of aromatic nitrogens is 6. The largest absolute Gasteiger partial charge is 0.493 e. The summed E-state index contributed by atoms with van der Waals surface area (Å²) in [7, 11) is 0. The van der Waals surface area contributed by atoms with Gasteiger partial charge in [0, 0.05) is 5.22 Å². The summed E-state index contributed by atoms with van der Waals surface area (Å²) in [6.07, 6.45) is 5.12. The minimum atomic E-state index is -0.518. The van der Waals surface area contributed by atoms with Crippen molar-refractivity contribution in [3.63, 3.8) is 0 Å². The lowest BCUT2D eigenvalue weighted by atomic mass is 10.1. The molecule has 1 atom stereocenters. The lowest BCUT2D eigenvalue weighted by Gasteiger charge is -2.17. The van der Waals surface area contributed by atoms with E-state index in [1.54, 1.807) is 12.3 Å². The summed E-state index contributed by atoms with van der Waals surface area (Å²) in [6.45, 7) is 1.85. The van der Waals surface area contributed by atoms with E-state index in [9.17, 15) is 15.0 Å². The van der Waals surface area contributed by atoms with Crippen molar-refractivity contribution in [2.24, 2.45) is 4.99 Å². The molecule has 0 saturated heterocycles. The normalized spacial score (nSPS) is 16.1. The molecule has 1 fully saturated rings. The van der Waals surface area contributed by atoms with E-state index in [0.29, 0.717) is 22.4 Å². The molecule has 4 aromatic rings. The molecule has 0 aliphatic heterocycles. The van der Waals surface area contributed by atoms with E-state index in [-0.39, 0.29) is 24.2 Å². The Kier molecular flexibility index (Phi) is 4.94. The zero-order chi connectivity index (χ0) is 22.2. The summed E-state index contributed by atoms with van der Waals surface area (Å²) in [4.78, 5) is 30.0. The maximum Gasteiger partial charge on any atom is 0.326 e. The first-order valence-corrected chi connectivity index (χ1v) is 10.3. The highest BCUT2D eigenvalue weighted by atomic mass is 16.3. The van der Waals surface area contributed by atoms with Crippen molar-refractivity contribution in [1.29, 1.82) is 0 Å². The second-order valence-electron chi connectivity index (χ2n) is 7.82. The van der Waals surface area contributed by atoms with Gasteiger partial charge in [0.1, 0.15) is 5.69 Å². The molecule has 0 spiro atoms. The highest BCUT2D eigenvalue weighted by Gasteiger charge is 2.21. The van der Waals surface area contributed by atoms with E-state index in [1.165, 1.54) is 4.52 Å². The van der Waals surface area contributed by atoms with Crippen LogP contribution >= 0.6 is 0 Å². The van der Waals surface area contributed by atoms with E-state index >= 15 is 0 Å². The van der Waals surface area contributed by atoms with Crippen LogP contribution in [0.25, 0.3) is 11.7 Å². The Morgan fingerprint density at radius 1 is 1.28 bits per heavy atom. The van der Waals surface area contributed by atoms with Crippen molar-refractivity contribution in [3.8, 4) is 5.88 Å². The number of fused-ring (bicyclic) bond motifs is 1. The topological polar surface area (TPSA) is 157 Å². The van der Waals surface area contributed by atoms with Crippen molar-refractivity contribution in [2.75, 3.05) is 11.9 Å². The van der Waals surface area contributed by atoms with E-state index in [4.69, 9.17) is 0 Å². The molecule has 11 heteroatoms. The lowest BCUT2D eigenvalue weighted by Crippen LogP contribution is -2.26. The Bertz CT molecular complexity index is 1450. The highest BCUT2D eigenvalue weighted by molar-refractivity contribution is 5.57. The van der Waals surface area contributed by atoms with Crippen LogP contribution in [0.1, 0.15) is 35.7 Å². The molecule has 1 saturated carbocycles. The molecule has 0 bridgehead atoms. The monoisotopic (exact) mass is 434 g/mol. The quantitative estimate of drug-likeness (QED) is 0.284. The van der Waals surface area contributed by atoms with Gasteiger partial charge in [0.15, 0.2) is 5.65 Å². The maximum atomic E-state index is 11.5. The second kappa shape index (κ2) is 7.93. The number of aryl methyl sites for hydroxylation is 1. The number of aromatic hydroxyl groups is 1. The zero-order valence-electron chi connectivity index (χ0n) is 17.3. The number of aliphatic hydroxyl groups is 1. The number of anilines is 1. The van der Waals surface area contributed by atoms with Gasteiger partial charge in [-0.1, -0.05) is 29.8 Å². The smallest absolute Gasteiger partial charge is 0.326 e. The van der Waals surface area contributed by atoms with Crippen LogP contribution in [-0.2, 0) is 0 Å². The van der Waals surface area contributed by atoms with Crippen molar-refractivity contribution in [2.45, 2.75) is 31.8 Å². The number of nitrogens with zero attached hydrogens (tertiary/aromatic N) is 5. The molecule has 3 aromatic heterocycles. The van der Waals surface area contributed by atoms with Crippen LogP contribution in [0.15, 0.2) is 40.2 Å². The molecule has 164 valence electrons. The molecule has 5 rings (SSSR count). The average Bonchev–Trinajstić information content (AvgIpc) is 3.41. The Hall–Kier alpha value is -3.99. The number of benzene rings is 1. The lowest BCUT2D eigenvalue weighted by molar-refractivity contribution is 0.276. The summed E-state index contributed by atoms with van der Waals surface area (Å²) >= 11 is 0. The average molecular weight is 434 g/mol. The van der Waals surface area contributed by atoms with Gasteiger partial charge in [-0.25, -0.2) is 9.79 Å². The molecule has 1 aliphatic rings. The third-order valence-corrected chi connectivity index (χ3v) is 5.22. The number of rotatable bonds is 6. The Balaban J connectivity index is 1.62. The van der Waals surface area contributed by atoms with E-state index in [1.807, 2.05) is 31.2 Å². The molecular weight excluding hydrogens is 412 g/mol. The van der Waals surface area contributed by atoms with Gasteiger partial charge in [-0.15, -0.1) is 0 Å². The Morgan fingerprint density at radius 2 is 2.06 bits per heavy atom. The van der Waals surface area contributed by atoms with Gasteiger partial charge >= 0.3 is 5.69 Å². The van der Waals surface area contributed by atoms with Gasteiger partial charge in [0.2, 0.25) is 11.8 Å². The highest BCUT2D eigenvalue weighted by Crippen LogP contribution is 2.22. The number of aliphatic hydroxyl groups excluding tert-OH is 1. The third kappa shape index (κ3) is 3.97. The number of imidazole rings is 1. The van der Waals surface area contributed by atoms with Crippen LogP contribution in [-0.4, -0.2) is 52.4 Å². The molecule has 1 unspecified atom stereocenters. The van der Waals surface area contributed by atoms with Gasteiger partial charge in [0.05, 0.1) is 24.9 Å². The number of nitrogens with one attached hydrogen (secondary N) is 3. The molecule has 11 nitrogen and oxygen atoms in total. The molecule has 3 heterocycles. The summed E-state index contributed by atoms with van der Waals surface area (Å²) in [6, 6.07) is 7.64. The molecule has 0 radical (unpaired) electrons. The standard InChI is InChI=1S/C21H22N8O3/c1-11-2-4-12(5-3-11)16(10-30)24-19-26-17-13(8-15-18(31)27-21(32)25-15)9-22-29(17)20(28-19)23-14-6-7-14/h2-5,8-9,14,16,30-31H,6-7,10H2,1H3,(H,23,24,28)(H2,25,27,32)/b13-8+. The molecule has 1 aliphatic carbocycles. The minimum Gasteiger partial charge on any atom is -0.493 e. The van der Waals surface area contributed by atoms with Crippen molar-refractivity contribution in [1.82, 2.24) is 29.5 Å². The summed E-state index contributed by atoms with van der Waals surface area (Å²) in [5, 5.41) is 28.0. The van der Waals surface area contributed by atoms with Gasteiger partial charge in [-0.05, 0) is 31.4 Å². The molecule has 1 aromatic carbocycles. The van der Waals surface area contributed by atoms with Crippen molar-refractivity contribution in [3.05, 3.63) is 68.6 Å². The number of hydrogen-bond acceptors (Lipinski definition) is 8. The first-order valence-electron chi connectivity index (χ1n) is 10.3. The van der Waals surface area contributed by atoms with Crippen LogP contribution in [0.2, 0.25) is 0 Å². The fourth-order valence-corrected chi connectivity index (χ4v) is 3.33. The minimum absolute atomic E-state index is 0.149. The predicted octanol–water partition coefficient (Wildman–Crippen LogP) is -0.0890. The van der Waals surface area contributed by atoms with Gasteiger partial charge in [-0.2, -0.15) is 19.6 Å². The summed E-state index contributed by atoms with van der Waals surface area (Å²) in [5.74, 6) is 0.0165. The van der Waals surface area contributed by atoms with E-state index in [0.717, 1.165) is 24.0 Å². The van der Waals surface area contributed by atoms with Crippen LogP contribution < -0.4 is 21.8 Å². The Labute approximate surface area is 181 Å². The van der Waals surface area contributed by atoms with Crippen LogP contribution in [0, 0.1) is 6.92 Å². The summed E-state index contributed by atoms with van der Waals surface area (Å²) in [5.41, 5.74) is 2.56. The summed E-state index contributed by atoms with van der Waals surface area (Å²) < 4.78 is 1.52. The fraction of sp³-hybridized carbons (Fsp3) is 0.286. The number of aromatic amines is 2. The first-order chi connectivity index (χ1) is 15.5. The Morgan fingerprint density at radius 3 is 2.72 bits per heavy atom. The van der Waals surface area contributed by atoms with Gasteiger partial charge in [-0.3, -0.25) is 4.98 Å².